The van der Waals surface area contributed by atoms with E-state index in [-0.39, 0.29) is 5.52 Å². The third-order valence-electron chi connectivity index (χ3n) is 1.33. The molecule has 2 aromatic heterocycles. The summed E-state index contributed by atoms with van der Waals surface area (Å²) >= 11 is 0. The summed E-state index contributed by atoms with van der Waals surface area (Å²) in [6.45, 7) is 0. The number of hydrogen-bond donors (Lipinski definition) is 1. The zero-order valence-corrected chi connectivity index (χ0v) is 5.31. The number of hydrogen-bond acceptors (Lipinski definition) is 2. The second-order valence-electron chi connectivity index (χ2n) is 2.03. The van der Waals surface area contributed by atoms with Crippen LogP contribution in [0.1, 0.15) is 0 Å². The molecule has 0 aliphatic carbocycles. The standard InChI is InChI=1S/C6H3F2N3/c7-4-1-3-5(6(8)11-4)10-2-9-3/h1-2H,(H,9,10). The minimum absolute atomic E-state index is 0.0615. The molecule has 11 heavy (non-hydrogen) atoms. The van der Waals surface area contributed by atoms with Crippen molar-refractivity contribution in [3.05, 3.63) is 24.3 Å². The summed E-state index contributed by atoms with van der Waals surface area (Å²) in [5, 5.41) is 0. The van der Waals surface area contributed by atoms with Crippen molar-refractivity contribution in [1.82, 2.24) is 15.0 Å². The molecule has 3 nitrogen and oxygen atoms in total. The lowest BCUT2D eigenvalue weighted by molar-refractivity contribution is 0.520. The minimum Gasteiger partial charge on any atom is -0.344 e. The second-order valence-corrected chi connectivity index (χ2v) is 2.03. The van der Waals surface area contributed by atoms with Crippen LogP contribution in [-0.2, 0) is 0 Å². The first-order chi connectivity index (χ1) is 5.27. The molecule has 56 valence electrons. The Labute approximate surface area is 60.1 Å². The van der Waals surface area contributed by atoms with Crippen LogP contribution in [-0.4, -0.2) is 15.0 Å². The second kappa shape index (κ2) is 1.98. The molecule has 5 heteroatoms. The SMILES string of the molecule is Fc1cc2[nH]cnc2c(F)n1. The summed E-state index contributed by atoms with van der Waals surface area (Å²) in [5.74, 6) is -1.74. The van der Waals surface area contributed by atoms with Gasteiger partial charge in [0.2, 0.25) is 11.9 Å². The largest absolute Gasteiger partial charge is 0.344 e. The fourth-order valence-corrected chi connectivity index (χ4v) is 0.877. The van der Waals surface area contributed by atoms with Crippen molar-refractivity contribution in [2.24, 2.45) is 0 Å². The van der Waals surface area contributed by atoms with Crippen LogP contribution in [0.15, 0.2) is 12.4 Å². The number of imidazole rings is 1. The lowest BCUT2D eigenvalue weighted by Crippen LogP contribution is -1.88. The van der Waals surface area contributed by atoms with Gasteiger partial charge < -0.3 is 4.98 Å². The Morgan fingerprint density at radius 1 is 1.36 bits per heavy atom. The first kappa shape index (κ1) is 6.21. The molecule has 0 aliphatic heterocycles. The molecule has 0 bridgehead atoms. The Morgan fingerprint density at radius 3 is 3.00 bits per heavy atom. The number of aromatic nitrogens is 3. The topological polar surface area (TPSA) is 41.6 Å². The van der Waals surface area contributed by atoms with Crippen LogP contribution >= 0.6 is 0 Å². The number of aromatic amines is 1. The molecule has 1 N–H and O–H groups in total. The number of pyridine rings is 1. The first-order valence-corrected chi connectivity index (χ1v) is 2.92. The minimum atomic E-state index is -0.888. The predicted molar refractivity (Wildman–Crippen MR) is 33.8 cm³/mol. The maximum Gasteiger partial charge on any atom is 0.243 e. The first-order valence-electron chi connectivity index (χ1n) is 2.92. The van der Waals surface area contributed by atoms with Crippen molar-refractivity contribution >= 4 is 11.0 Å². The lowest BCUT2D eigenvalue weighted by atomic mass is 10.4. The molecule has 2 rings (SSSR count). The number of nitrogens with zero attached hydrogens (tertiary/aromatic N) is 2. The number of nitrogens with one attached hydrogen (secondary N) is 1. The highest BCUT2D eigenvalue weighted by Gasteiger charge is 2.06. The number of rotatable bonds is 0. The van der Waals surface area contributed by atoms with Crippen LogP contribution in [0.25, 0.3) is 11.0 Å². The summed E-state index contributed by atoms with van der Waals surface area (Å²) in [5.41, 5.74) is 0.376. The van der Waals surface area contributed by atoms with Gasteiger partial charge in [-0.2, -0.15) is 13.8 Å². The molecule has 0 saturated carbocycles. The summed E-state index contributed by atoms with van der Waals surface area (Å²) in [7, 11) is 0. The Kier molecular flexibility index (Phi) is 1.12. The van der Waals surface area contributed by atoms with E-state index < -0.39 is 11.9 Å². The van der Waals surface area contributed by atoms with E-state index in [1.54, 1.807) is 0 Å². The summed E-state index contributed by atoms with van der Waals surface area (Å²) in [4.78, 5) is 9.13. The van der Waals surface area contributed by atoms with Gasteiger partial charge in [0, 0.05) is 6.07 Å². The maximum absolute atomic E-state index is 12.6. The van der Waals surface area contributed by atoms with E-state index in [2.05, 4.69) is 15.0 Å². The molecule has 0 saturated heterocycles. The van der Waals surface area contributed by atoms with E-state index in [9.17, 15) is 8.78 Å². The van der Waals surface area contributed by atoms with Crippen molar-refractivity contribution in [2.75, 3.05) is 0 Å². The molecule has 0 spiro atoms. The molecule has 0 amide bonds. The highest BCUT2D eigenvalue weighted by molar-refractivity contribution is 5.73. The molecule has 0 atom stereocenters. The van der Waals surface area contributed by atoms with E-state index in [0.717, 1.165) is 6.07 Å². The monoisotopic (exact) mass is 155 g/mol. The molecule has 2 aromatic rings. The van der Waals surface area contributed by atoms with E-state index >= 15 is 0 Å². The van der Waals surface area contributed by atoms with Gasteiger partial charge in [-0.15, -0.1) is 0 Å². The molecule has 2 heterocycles. The smallest absolute Gasteiger partial charge is 0.243 e. The van der Waals surface area contributed by atoms with E-state index in [4.69, 9.17) is 0 Å². The molecule has 0 aliphatic rings. The van der Waals surface area contributed by atoms with Gasteiger partial charge in [0.25, 0.3) is 0 Å². The van der Waals surface area contributed by atoms with Crippen LogP contribution in [0.5, 0.6) is 0 Å². The van der Waals surface area contributed by atoms with Crippen LogP contribution in [0.3, 0.4) is 0 Å². The van der Waals surface area contributed by atoms with Crippen LogP contribution in [0.4, 0.5) is 8.78 Å². The molecule has 0 unspecified atom stereocenters. The Hall–Kier alpha value is -1.52. The van der Waals surface area contributed by atoms with Crippen LogP contribution in [0, 0.1) is 11.9 Å². The van der Waals surface area contributed by atoms with E-state index in [0.29, 0.717) is 5.52 Å². The molecule has 0 radical (unpaired) electrons. The molecular formula is C6H3F2N3. The summed E-state index contributed by atoms with van der Waals surface area (Å²) < 4.78 is 25.0. The summed E-state index contributed by atoms with van der Waals surface area (Å²) in [6, 6.07) is 1.09. The van der Waals surface area contributed by atoms with Gasteiger partial charge in [-0.05, 0) is 0 Å². The van der Waals surface area contributed by atoms with Gasteiger partial charge in [-0.3, -0.25) is 0 Å². The number of halogens is 2. The average Bonchev–Trinajstić information content (AvgIpc) is 2.34. The molecular weight excluding hydrogens is 152 g/mol. The number of fused-ring (bicyclic) bond motifs is 1. The third-order valence-corrected chi connectivity index (χ3v) is 1.33. The van der Waals surface area contributed by atoms with Crippen LogP contribution in [0.2, 0.25) is 0 Å². The highest BCUT2D eigenvalue weighted by atomic mass is 19.1. The highest BCUT2D eigenvalue weighted by Crippen LogP contribution is 2.11. The van der Waals surface area contributed by atoms with E-state index in [1.807, 2.05) is 0 Å². The normalized spacial score (nSPS) is 10.7. The maximum atomic E-state index is 12.6. The van der Waals surface area contributed by atoms with Crippen molar-refractivity contribution in [3.8, 4) is 0 Å². The Morgan fingerprint density at radius 2 is 2.18 bits per heavy atom. The zero-order chi connectivity index (χ0) is 7.84. The van der Waals surface area contributed by atoms with Crippen molar-refractivity contribution < 1.29 is 8.78 Å². The predicted octanol–water partition coefficient (Wildman–Crippen LogP) is 1.24. The molecule has 0 fully saturated rings. The van der Waals surface area contributed by atoms with Gasteiger partial charge in [0.15, 0.2) is 0 Å². The average molecular weight is 155 g/mol. The Balaban J connectivity index is 2.91. The molecule has 0 aromatic carbocycles. The fourth-order valence-electron chi connectivity index (χ4n) is 0.877. The fraction of sp³-hybridized carbons (Fsp3) is 0. The van der Waals surface area contributed by atoms with Gasteiger partial charge in [-0.1, -0.05) is 0 Å². The van der Waals surface area contributed by atoms with Gasteiger partial charge in [0.05, 0.1) is 11.8 Å². The lowest BCUT2D eigenvalue weighted by Gasteiger charge is -1.89. The van der Waals surface area contributed by atoms with Gasteiger partial charge >= 0.3 is 0 Å². The van der Waals surface area contributed by atoms with Crippen molar-refractivity contribution in [1.29, 1.82) is 0 Å². The number of H-pyrrole nitrogens is 1. The third kappa shape index (κ3) is 0.849. The van der Waals surface area contributed by atoms with Crippen LogP contribution < -0.4 is 0 Å². The van der Waals surface area contributed by atoms with E-state index in [1.165, 1.54) is 6.33 Å². The quantitative estimate of drug-likeness (QED) is 0.581. The van der Waals surface area contributed by atoms with Crippen molar-refractivity contribution in [3.63, 3.8) is 0 Å². The summed E-state index contributed by atoms with van der Waals surface area (Å²) in [6.07, 6.45) is 1.29. The van der Waals surface area contributed by atoms with Gasteiger partial charge in [-0.25, -0.2) is 4.98 Å². The zero-order valence-electron chi connectivity index (χ0n) is 5.31. The van der Waals surface area contributed by atoms with Gasteiger partial charge in [0.1, 0.15) is 5.52 Å². The Bertz CT molecular complexity index is 396. The van der Waals surface area contributed by atoms with Crippen molar-refractivity contribution in [2.45, 2.75) is 0 Å².